The van der Waals surface area contributed by atoms with Crippen molar-refractivity contribution in [2.75, 3.05) is 7.11 Å². The largest absolute Gasteiger partial charge is 0.463 e. The molecule has 108 valence electrons. The fourth-order valence-electron chi connectivity index (χ4n) is 1.98. The number of thiazole rings is 1. The van der Waals surface area contributed by atoms with Gasteiger partial charge in [-0.2, -0.15) is 0 Å². The molecule has 0 saturated carbocycles. The smallest absolute Gasteiger partial charge is 0.373 e. The van der Waals surface area contributed by atoms with E-state index in [9.17, 15) is 4.79 Å². The molecule has 0 fully saturated rings. The summed E-state index contributed by atoms with van der Waals surface area (Å²) in [5.74, 6) is 0.469. The van der Waals surface area contributed by atoms with Gasteiger partial charge in [0.15, 0.2) is 0 Å². The molecule has 0 aromatic carbocycles. The van der Waals surface area contributed by atoms with Crippen LogP contribution in [0, 0.1) is 13.8 Å². The van der Waals surface area contributed by atoms with E-state index < -0.39 is 5.97 Å². The third-order valence-corrected chi connectivity index (χ3v) is 4.22. The Bertz CT molecular complexity index is 603. The van der Waals surface area contributed by atoms with Crippen LogP contribution >= 0.6 is 11.3 Å². The Morgan fingerprint density at radius 3 is 2.85 bits per heavy atom. The van der Waals surface area contributed by atoms with E-state index in [0.29, 0.717) is 12.3 Å². The van der Waals surface area contributed by atoms with Crippen molar-refractivity contribution in [1.29, 1.82) is 0 Å². The van der Waals surface area contributed by atoms with Crippen molar-refractivity contribution in [2.24, 2.45) is 0 Å². The first-order valence-electron chi connectivity index (χ1n) is 6.35. The van der Waals surface area contributed by atoms with E-state index in [-0.39, 0.29) is 11.8 Å². The molecule has 0 spiro atoms. The lowest BCUT2D eigenvalue weighted by Crippen LogP contribution is -2.17. The van der Waals surface area contributed by atoms with Crippen LogP contribution in [0.3, 0.4) is 0 Å². The maximum atomic E-state index is 11.3. The predicted octanol–water partition coefficient (Wildman–Crippen LogP) is 2.99. The average molecular weight is 294 g/mol. The molecule has 1 unspecified atom stereocenters. The van der Waals surface area contributed by atoms with Gasteiger partial charge in [-0.1, -0.05) is 0 Å². The summed E-state index contributed by atoms with van der Waals surface area (Å²) in [4.78, 5) is 16.9. The van der Waals surface area contributed by atoms with Gasteiger partial charge in [0.25, 0.3) is 0 Å². The molecule has 0 bridgehead atoms. The SMILES string of the molecule is COC(=O)c1ccc(CNC(C)c2sc(C)nc2C)o1. The second-order valence-electron chi connectivity index (χ2n) is 4.54. The molecule has 2 heterocycles. The summed E-state index contributed by atoms with van der Waals surface area (Å²) < 4.78 is 10.0. The van der Waals surface area contributed by atoms with E-state index in [1.54, 1.807) is 23.5 Å². The number of hydrogen-bond acceptors (Lipinski definition) is 6. The van der Waals surface area contributed by atoms with Crippen LogP contribution in [0.4, 0.5) is 0 Å². The first-order chi connectivity index (χ1) is 9.51. The summed E-state index contributed by atoms with van der Waals surface area (Å²) >= 11 is 1.69. The van der Waals surface area contributed by atoms with Gasteiger partial charge in [0.1, 0.15) is 5.76 Å². The summed E-state index contributed by atoms with van der Waals surface area (Å²) in [6, 6.07) is 3.58. The molecular weight excluding hydrogens is 276 g/mol. The number of aryl methyl sites for hydroxylation is 2. The van der Waals surface area contributed by atoms with Gasteiger partial charge in [-0.15, -0.1) is 11.3 Å². The number of methoxy groups -OCH3 is 1. The zero-order chi connectivity index (χ0) is 14.7. The first kappa shape index (κ1) is 14.7. The molecule has 2 aromatic heterocycles. The van der Waals surface area contributed by atoms with Gasteiger partial charge in [-0.25, -0.2) is 9.78 Å². The van der Waals surface area contributed by atoms with Crippen molar-refractivity contribution < 1.29 is 13.9 Å². The van der Waals surface area contributed by atoms with E-state index >= 15 is 0 Å². The van der Waals surface area contributed by atoms with Crippen LogP contribution in [0.1, 0.15) is 44.9 Å². The Morgan fingerprint density at radius 1 is 1.50 bits per heavy atom. The number of nitrogens with one attached hydrogen (secondary N) is 1. The Morgan fingerprint density at radius 2 is 2.25 bits per heavy atom. The molecule has 20 heavy (non-hydrogen) atoms. The van der Waals surface area contributed by atoms with Gasteiger partial charge < -0.3 is 14.5 Å². The molecule has 6 heteroatoms. The number of ether oxygens (including phenoxy) is 1. The van der Waals surface area contributed by atoms with Crippen LogP contribution in [0.25, 0.3) is 0 Å². The number of carbonyl (C=O) groups excluding carboxylic acids is 1. The monoisotopic (exact) mass is 294 g/mol. The molecular formula is C14H18N2O3S. The summed E-state index contributed by atoms with van der Waals surface area (Å²) in [6.45, 7) is 6.65. The van der Waals surface area contributed by atoms with Crippen LogP contribution < -0.4 is 5.32 Å². The average Bonchev–Trinajstić information content (AvgIpc) is 3.01. The molecule has 2 aromatic rings. The predicted molar refractivity (Wildman–Crippen MR) is 76.9 cm³/mol. The number of furan rings is 1. The van der Waals surface area contributed by atoms with E-state index in [0.717, 1.165) is 10.7 Å². The zero-order valence-corrected chi connectivity index (χ0v) is 12.8. The van der Waals surface area contributed by atoms with Crippen molar-refractivity contribution in [3.8, 4) is 0 Å². The Balaban J connectivity index is 1.96. The Hall–Kier alpha value is -1.66. The first-order valence-corrected chi connectivity index (χ1v) is 7.17. The Labute approximate surface area is 122 Å². The maximum Gasteiger partial charge on any atom is 0.373 e. The molecule has 0 aliphatic rings. The van der Waals surface area contributed by atoms with Gasteiger partial charge >= 0.3 is 5.97 Å². The summed E-state index contributed by atoms with van der Waals surface area (Å²) in [6.07, 6.45) is 0. The van der Waals surface area contributed by atoms with Crippen LogP contribution in [0.5, 0.6) is 0 Å². The number of esters is 1. The maximum absolute atomic E-state index is 11.3. The third-order valence-electron chi connectivity index (χ3n) is 2.96. The highest BCUT2D eigenvalue weighted by Gasteiger charge is 2.14. The second kappa shape index (κ2) is 6.19. The van der Waals surface area contributed by atoms with E-state index in [4.69, 9.17) is 4.42 Å². The lowest BCUT2D eigenvalue weighted by molar-refractivity contribution is 0.0563. The number of hydrogen-bond donors (Lipinski definition) is 1. The number of nitrogens with zero attached hydrogens (tertiary/aromatic N) is 1. The fourth-order valence-corrected chi connectivity index (χ4v) is 2.93. The highest BCUT2D eigenvalue weighted by Crippen LogP contribution is 2.24. The van der Waals surface area contributed by atoms with Crippen LogP contribution in [-0.4, -0.2) is 18.1 Å². The summed E-state index contributed by atoms with van der Waals surface area (Å²) in [5, 5.41) is 4.43. The highest BCUT2D eigenvalue weighted by atomic mass is 32.1. The van der Waals surface area contributed by atoms with Gasteiger partial charge in [0.2, 0.25) is 5.76 Å². The van der Waals surface area contributed by atoms with Gasteiger partial charge in [-0.3, -0.25) is 0 Å². The minimum atomic E-state index is -0.460. The van der Waals surface area contributed by atoms with Crippen molar-refractivity contribution in [3.63, 3.8) is 0 Å². The highest BCUT2D eigenvalue weighted by molar-refractivity contribution is 7.11. The van der Waals surface area contributed by atoms with Gasteiger partial charge in [-0.05, 0) is 32.9 Å². The number of carbonyl (C=O) groups is 1. The molecule has 1 atom stereocenters. The van der Waals surface area contributed by atoms with Crippen LogP contribution in [-0.2, 0) is 11.3 Å². The van der Waals surface area contributed by atoms with Crippen LogP contribution in [0.2, 0.25) is 0 Å². The van der Waals surface area contributed by atoms with Gasteiger partial charge in [0, 0.05) is 10.9 Å². The topological polar surface area (TPSA) is 64.4 Å². The van der Waals surface area contributed by atoms with E-state index in [2.05, 4.69) is 22.0 Å². The molecule has 0 aliphatic heterocycles. The van der Waals surface area contributed by atoms with E-state index in [1.165, 1.54) is 12.0 Å². The Kier molecular flexibility index (Phi) is 4.57. The number of rotatable bonds is 5. The lowest BCUT2D eigenvalue weighted by atomic mass is 10.2. The number of aromatic nitrogens is 1. The van der Waals surface area contributed by atoms with E-state index in [1.807, 2.05) is 13.8 Å². The standard InChI is InChI=1S/C14H18N2O3S/c1-8(13-9(2)16-10(3)20-13)15-7-11-5-6-12(19-11)14(17)18-4/h5-6,8,15H,7H2,1-4H3. The molecule has 0 amide bonds. The van der Waals surface area contributed by atoms with Crippen molar-refractivity contribution >= 4 is 17.3 Å². The van der Waals surface area contributed by atoms with Gasteiger partial charge in [0.05, 0.1) is 24.4 Å². The van der Waals surface area contributed by atoms with Crippen LogP contribution in [0.15, 0.2) is 16.5 Å². The summed E-state index contributed by atoms with van der Waals surface area (Å²) in [5.41, 5.74) is 1.06. The molecule has 0 aliphatic carbocycles. The minimum absolute atomic E-state index is 0.188. The summed E-state index contributed by atoms with van der Waals surface area (Å²) in [7, 11) is 1.33. The molecule has 5 nitrogen and oxygen atoms in total. The third kappa shape index (κ3) is 3.26. The normalized spacial score (nSPS) is 12.4. The quantitative estimate of drug-likeness (QED) is 0.859. The lowest BCUT2D eigenvalue weighted by Gasteiger charge is -2.11. The molecule has 0 saturated heterocycles. The fraction of sp³-hybridized carbons (Fsp3) is 0.429. The second-order valence-corrected chi connectivity index (χ2v) is 5.78. The zero-order valence-electron chi connectivity index (χ0n) is 12.0. The van der Waals surface area contributed by atoms with Crippen molar-refractivity contribution in [2.45, 2.75) is 33.4 Å². The van der Waals surface area contributed by atoms with Crippen molar-refractivity contribution in [3.05, 3.63) is 39.2 Å². The molecule has 0 radical (unpaired) electrons. The molecule has 2 rings (SSSR count). The molecule has 1 N–H and O–H groups in total. The van der Waals surface area contributed by atoms with Crippen molar-refractivity contribution in [1.82, 2.24) is 10.3 Å². The minimum Gasteiger partial charge on any atom is -0.463 e.